The van der Waals surface area contributed by atoms with Crippen molar-refractivity contribution in [3.8, 4) is 5.75 Å². The Balaban J connectivity index is 3.26. The summed E-state index contributed by atoms with van der Waals surface area (Å²) in [6, 6.07) is 6.25. The van der Waals surface area contributed by atoms with Gasteiger partial charge in [0.05, 0.1) is 10.8 Å². The molecular weight excluding hydrogens is 320 g/mol. The quantitative estimate of drug-likeness (QED) is 0.706. The average Bonchev–Trinajstić information content (AvgIpc) is 2.15. The van der Waals surface area contributed by atoms with Gasteiger partial charge in [-0.25, -0.2) is 0 Å². The van der Waals surface area contributed by atoms with E-state index in [9.17, 15) is 0 Å². The highest BCUT2D eigenvalue weighted by Crippen LogP contribution is 2.37. The molecule has 84 valence electrons. The summed E-state index contributed by atoms with van der Waals surface area (Å²) in [5, 5.41) is 0. The number of methoxy groups -OCH3 is 1. The molecule has 3 heteroatoms. The van der Waals surface area contributed by atoms with Gasteiger partial charge in [0, 0.05) is 0 Å². The highest BCUT2D eigenvalue weighted by atomic mass is 79.9. The van der Waals surface area contributed by atoms with Crippen LogP contribution >= 0.6 is 31.9 Å². The third-order valence-corrected chi connectivity index (χ3v) is 3.34. The van der Waals surface area contributed by atoms with Crippen molar-refractivity contribution in [1.82, 2.24) is 0 Å². The predicted octanol–water partition coefficient (Wildman–Crippen LogP) is 4.78. The lowest BCUT2D eigenvalue weighted by Gasteiger charge is -2.23. The Morgan fingerprint density at radius 3 is 2.20 bits per heavy atom. The molecule has 0 radical (unpaired) electrons. The van der Waals surface area contributed by atoms with Crippen LogP contribution < -0.4 is 4.74 Å². The maximum Gasteiger partial charge on any atom is 0.122 e. The smallest absolute Gasteiger partial charge is 0.122 e. The third-order valence-electron chi connectivity index (χ3n) is 2.28. The van der Waals surface area contributed by atoms with E-state index < -0.39 is 0 Å². The highest BCUT2D eigenvalue weighted by molar-refractivity contribution is 9.24. The van der Waals surface area contributed by atoms with Crippen molar-refractivity contribution in [2.24, 2.45) is 0 Å². The van der Waals surface area contributed by atoms with E-state index in [2.05, 4.69) is 64.8 Å². The minimum atomic E-state index is 0.0935. The zero-order valence-electron chi connectivity index (χ0n) is 9.47. The predicted molar refractivity (Wildman–Crippen MR) is 72.3 cm³/mol. The van der Waals surface area contributed by atoms with Gasteiger partial charge < -0.3 is 4.74 Å². The summed E-state index contributed by atoms with van der Waals surface area (Å²) in [5.41, 5.74) is 2.53. The van der Waals surface area contributed by atoms with Crippen LogP contribution in [-0.2, 0) is 5.41 Å². The normalized spacial score (nSPS) is 11.9. The van der Waals surface area contributed by atoms with Crippen LogP contribution in [-0.4, -0.2) is 7.11 Å². The number of hydrogen-bond donors (Lipinski definition) is 0. The lowest BCUT2D eigenvalue weighted by atomic mass is 9.85. The summed E-state index contributed by atoms with van der Waals surface area (Å²) in [6.45, 7) is 6.56. The van der Waals surface area contributed by atoms with Gasteiger partial charge in [-0.2, -0.15) is 0 Å². The van der Waals surface area contributed by atoms with Crippen LogP contribution in [0.15, 0.2) is 18.2 Å². The van der Waals surface area contributed by atoms with Crippen molar-refractivity contribution >= 4 is 31.9 Å². The second-order valence-electron chi connectivity index (χ2n) is 4.51. The first kappa shape index (κ1) is 13.0. The number of ether oxygens (including phenoxy) is 1. The second-order valence-corrected chi connectivity index (χ2v) is 7.57. The molecule has 0 saturated heterocycles. The van der Waals surface area contributed by atoms with Crippen LogP contribution in [0.3, 0.4) is 0 Å². The lowest BCUT2D eigenvalue weighted by Crippen LogP contribution is -2.13. The van der Waals surface area contributed by atoms with Gasteiger partial charge >= 0.3 is 0 Å². The van der Waals surface area contributed by atoms with Gasteiger partial charge in [0.25, 0.3) is 0 Å². The average molecular weight is 336 g/mol. The fraction of sp³-hybridized carbons (Fsp3) is 0.500. The molecule has 0 unspecified atom stereocenters. The molecule has 0 aliphatic rings. The molecule has 0 amide bonds. The topological polar surface area (TPSA) is 9.23 Å². The highest BCUT2D eigenvalue weighted by Gasteiger charge is 2.20. The summed E-state index contributed by atoms with van der Waals surface area (Å²) in [5.74, 6) is 0.951. The Bertz CT molecular complexity index is 340. The maximum absolute atomic E-state index is 5.38. The van der Waals surface area contributed by atoms with E-state index in [1.165, 1.54) is 11.1 Å². The van der Waals surface area contributed by atoms with E-state index in [1.54, 1.807) is 7.11 Å². The van der Waals surface area contributed by atoms with E-state index in [4.69, 9.17) is 4.74 Å². The Morgan fingerprint density at radius 2 is 1.80 bits per heavy atom. The van der Waals surface area contributed by atoms with Gasteiger partial charge in [-0.15, -0.1) is 0 Å². The summed E-state index contributed by atoms with van der Waals surface area (Å²) >= 11 is 7.01. The van der Waals surface area contributed by atoms with Gasteiger partial charge in [0.15, 0.2) is 0 Å². The monoisotopic (exact) mass is 334 g/mol. The molecular formula is C12H16Br2O. The van der Waals surface area contributed by atoms with Crippen molar-refractivity contribution in [2.45, 2.75) is 29.9 Å². The van der Waals surface area contributed by atoms with E-state index in [0.29, 0.717) is 0 Å². The van der Waals surface area contributed by atoms with E-state index in [0.717, 1.165) is 5.75 Å². The summed E-state index contributed by atoms with van der Waals surface area (Å²) in [6.07, 6.45) is 0. The number of alkyl halides is 2. The fourth-order valence-electron chi connectivity index (χ4n) is 1.45. The molecule has 0 bridgehead atoms. The lowest BCUT2D eigenvalue weighted by molar-refractivity contribution is 0.397. The van der Waals surface area contributed by atoms with Crippen LogP contribution in [0.2, 0.25) is 0 Å². The third kappa shape index (κ3) is 3.22. The molecule has 1 rings (SSSR count). The first-order valence-electron chi connectivity index (χ1n) is 4.83. The van der Waals surface area contributed by atoms with Crippen molar-refractivity contribution < 1.29 is 4.74 Å². The van der Waals surface area contributed by atoms with Crippen molar-refractivity contribution in [3.63, 3.8) is 0 Å². The zero-order chi connectivity index (χ0) is 11.6. The van der Waals surface area contributed by atoms with Gasteiger partial charge in [-0.3, -0.25) is 0 Å². The fourth-order valence-corrected chi connectivity index (χ4v) is 2.02. The molecule has 1 aromatic rings. The zero-order valence-corrected chi connectivity index (χ0v) is 12.6. The van der Waals surface area contributed by atoms with Gasteiger partial charge in [-0.05, 0) is 28.7 Å². The van der Waals surface area contributed by atoms with E-state index >= 15 is 0 Å². The number of halogens is 2. The van der Waals surface area contributed by atoms with E-state index in [-0.39, 0.29) is 9.15 Å². The largest absolute Gasteiger partial charge is 0.496 e. The molecule has 0 N–H and O–H groups in total. The molecule has 0 fully saturated rings. The minimum absolute atomic E-state index is 0.0935. The Hall–Kier alpha value is -0.0200. The summed E-state index contributed by atoms with van der Waals surface area (Å²) in [4.78, 5) is 0. The minimum Gasteiger partial charge on any atom is -0.496 e. The number of hydrogen-bond acceptors (Lipinski definition) is 1. The number of benzene rings is 1. The molecule has 1 nitrogen and oxygen atoms in total. The van der Waals surface area contributed by atoms with E-state index in [1.807, 2.05) is 6.07 Å². The Labute approximate surface area is 108 Å². The molecule has 1 aromatic carbocycles. The molecule has 15 heavy (non-hydrogen) atoms. The summed E-state index contributed by atoms with van der Waals surface area (Å²) in [7, 11) is 1.71. The molecule has 0 saturated carbocycles. The SMILES string of the molecule is COc1ccc(C(Br)Br)cc1C(C)(C)C. The molecule has 0 heterocycles. The van der Waals surface area contributed by atoms with Gasteiger partial charge in [-0.1, -0.05) is 58.7 Å². The molecule has 0 spiro atoms. The maximum atomic E-state index is 5.38. The summed E-state index contributed by atoms with van der Waals surface area (Å²) < 4.78 is 5.57. The van der Waals surface area contributed by atoms with Crippen molar-refractivity contribution in [2.75, 3.05) is 7.11 Å². The Morgan fingerprint density at radius 1 is 1.20 bits per heavy atom. The van der Waals surface area contributed by atoms with Crippen molar-refractivity contribution in [1.29, 1.82) is 0 Å². The first-order chi connectivity index (χ1) is 6.86. The molecule has 0 aromatic heterocycles. The van der Waals surface area contributed by atoms with Crippen LogP contribution in [0.4, 0.5) is 0 Å². The van der Waals surface area contributed by atoms with Crippen LogP contribution in [0.1, 0.15) is 35.6 Å². The molecule has 0 aliphatic carbocycles. The molecule has 0 atom stereocenters. The van der Waals surface area contributed by atoms with Gasteiger partial charge in [0.2, 0.25) is 0 Å². The standard InChI is InChI=1S/C12H16Br2O/c1-12(2,3)9-7-8(11(13)14)5-6-10(9)15-4/h5-7,11H,1-4H3. The van der Waals surface area contributed by atoms with Crippen LogP contribution in [0, 0.1) is 0 Å². The first-order valence-corrected chi connectivity index (χ1v) is 6.66. The second kappa shape index (κ2) is 4.88. The Kier molecular flexibility index (Phi) is 4.24. The van der Waals surface area contributed by atoms with Crippen LogP contribution in [0.5, 0.6) is 5.75 Å². The molecule has 0 aliphatic heterocycles. The van der Waals surface area contributed by atoms with Gasteiger partial charge in [0.1, 0.15) is 5.75 Å². The van der Waals surface area contributed by atoms with Crippen LogP contribution in [0.25, 0.3) is 0 Å². The number of rotatable bonds is 2. The van der Waals surface area contributed by atoms with Crippen molar-refractivity contribution in [3.05, 3.63) is 29.3 Å².